The van der Waals surface area contributed by atoms with Gasteiger partial charge in [-0.15, -0.1) is 0 Å². The normalized spacial score (nSPS) is 16.0. The van der Waals surface area contributed by atoms with Gasteiger partial charge in [-0.3, -0.25) is 14.4 Å². The predicted molar refractivity (Wildman–Crippen MR) is 172 cm³/mol. The summed E-state index contributed by atoms with van der Waals surface area (Å²) in [4.78, 5) is 36.0. The molecule has 1 fully saturated rings. The van der Waals surface area contributed by atoms with Gasteiger partial charge in [0.05, 0.1) is 46.5 Å². The molecule has 246 valence electrons. The van der Waals surface area contributed by atoms with Crippen LogP contribution in [-0.4, -0.2) is 84.1 Å². The molecular formula is C35H43N3O8. The van der Waals surface area contributed by atoms with Crippen molar-refractivity contribution in [3.05, 3.63) is 95.6 Å². The SMILES string of the molecule is CNC(=O)CCC(=O)O[C@H]1CN[C@H](C(=O)NCCOCCOC(c2ccccc2)(c2ccc(OC)cc2)c2ccc(OC)cc2)C1. The molecule has 11 nitrogen and oxygen atoms in total. The van der Waals surface area contributed by atoms with E-state index in [1.807, 2.05) is 78.9 Å². The van der Waals surface area contributed by atoms with Crippen molar-refractivity contribution in [1.29, 1.82) is 0 Å². The second kappa shape index (κ2) is 17.3. The quantitative estimate of drug-likeness (QED) is 0.117. The fourth-order valence-electron chi connectivity index (χ4n) is 5.38. The van der Waals surface area contributed by atoms with E-state index in [0.29, 0.717) is 32.7 Å². The number of amides is 2. The van der Waals surface area contributed by atoms with E-state index >= 15 is 0 Å². The molecule has 1 saturated heterocycles. The lowest BCUT2D eigenvalue weighted by Gasteiger charge is -2.36. The summed E-state index contributed by atoms with van der Waals surface area (Å²) in [6.07, 6.45) is 0.0222. The van der Waals surface area contributed by atoms with Gasteiger partial charge in [0.25, 0.3) is 0 Å². The van der Waals surface area contributed by atoms with Crippen LogP contribution in [-0.2, 0) is 34.2 Å². The average molecular weight is 634 g/mol. The molecule has 0 aliphatic carbocycles. The summed E-state index contributed by atoms with van der Waals surface area (Å²) in [6.45, 7) is 1.56. The van der Waals surface area contributed by atoms with Gasteiger partial charge in [-0.25, -0.2) is 0 Å². The van der Waals surface area contributed by atoms with Crippen molar-refractivity contribution < 1.29 is 38.1 Å². The van der Waals surface area contributed by atoms with Gasteiger partial charge in [-0.05, 0) is 41.0 Å². The monoisotopic (exact) mass is 633 g/mol. The molecule has 0 bridgehead atoms. The van der Waals surface area contributed by atoms with Crippen LogP contribution in [0.3, 0.4) is 0 Å². The number of nitrogens with one attached hydrogen (secondary N) is 3. The van der Waals surface area contributed by atoms with Crippen LogP contribution in [0, 0.1) is 0 Å². The summed E-state index contributed by atoms with van der Waals surface area (Å²) in [5, 5.41) is 8.42. The Labute approximate surface area is 269 Å². The highest BCUT2D eigenvalue weighted by Gasteiger charge is 2.38. The second-order valence-corrected chi connectivity index (χ2v) is 10.7. The van der Waals surface area contributed by atoms with Crippen molar-refractivity contribution >= 4 is 17.8 Å². The molecule has 3 aromatic carbocycles. The molecule has 3 aromatic rings. The highest BCUT2D eigenvalue weighted by molar-refractivity contribution is 5.82. The van der Waals surface area contributed by atoms with E-state index in [-0.39, 0.29) is 31.3 Å². The molecule has 3 N–H and O–H groups in total. The fraction of sp³-hybridized carbons (Fsp3) is 0.400. The van der Waals surface area contributed by atoms with Gasteiger partial charge in [0, 0.05) is 33.0 Å². The predicted octanol–water partition coefficient (Wildman–Crippen LogP) is 2.95. The van der Waals surface area contributed by atoms with Gasteiger partial charge in [0.2, 0.25) is 11.8 Å². The third-order valence-electron chi connectivity index (χ3n) is 7.81. The average Bonchev–Trinajstić information content (AvgIpc) is 3.57. The summed E-state index contributed by atoms with van der Waals surface area (Å²) in [6, 6.07) is 25.2. The maximum Gasteiger partial charge on any atom is 0.306 e. The summed E-state index contributed by atoms with van der Waals surface area (Å²) in [5.74, 6) is 0.617. The molecule has 0 radical (unpaired) electrons. The number of benzene rings is 3. The molecule has 1 aliphatic rings. The van der Waals surface area contributed by atoms with Crippen molar-refractivity contribution in [3.8, 4) is 11.5 Å². The van der Waals surface area contributed by atoms with E-state index in [1.54, 1.807) is 14.2 Å². The molecular weight excluding hydrogens is 590 g/mol. The molecule has 0 spiro atoms. The van der Waals surface area contributed by atoms with E-state index in [9.17, 15) is 14.4 Å². The van der Waals surface area contributed by atoms with Crippen LogP contribution in [0.25, 0.3) is 0 Å². The number of hydrogen-bond acceptors (Lipinski definition) is 9. The highest BCUT2D eigenvalue weighted by Crippen LogP contribution is 2.41. The van der Waals surface area contributed by atoms with Gasteiger partial charge in [0.1, 0.15) is 23.2 Å². The van der Waals surface area contributed by atoms with E-state index in [1.165, 1.54) is 7.05 Å². The van der Waals surface area contributed by atoms with Crippen molar-refractivity contribution in [2.75, 3.05) is 54.2 Å². The van der Waals surface area contributed by atoms with Gasteiger partial charge in [0.15, 0.2) is 0 Å². The minimum atomic E-state index is -0.937. The maximum absolute atomic E-state index is 12.6. The number of methoxy groups -OCH3 is 2. The Morgan fingerprint density at radius 1 is 0.804 bits per heavy atom. The topological polar surface area (TPSA) is 133 Å². The van der Waals surface area contributed by atoms with Crippen LogP contribution in [0.1, 0.15) is 36.0 Å². The minimum Gasteiger partial charge on any atom is -0.497 e. The molecule has 0 aromatic heterocycles. The molecule has 4 rings (SSSR count). The first-order valence-corrected chi connectivity index (χ1v) is 15.4. The lowest BCUT2D eigenvalue weighted by Crippen LogP contribution is -2.41. The Morgan fingerprint density at radius 3 is 2.00 bits per heavy atom. The smallest absolute Gasteiger partial charge is 0.306 e. The summed E-state index contributed by atoms with van der Waals surface area (Å²) in [5.41, 5.74) is 1.87. The molecule has 2 atom stereocenters. The Balaban J connectivity index is 1.31. The zero-order valence-corrected chi connectivity index (χ0v) is 26.6. The molecule has 1 aliphatic heterocycles. The van der Waals surface area contributed by atoms with Crippen LogP contribution in [0.4, 0.5) is 0 Å². The zero-order valence-electron chi connectivity index (χ0n) is 26.6. The number of esters is 1. The van der Waals surface area contributed by atoms with Crippen molar-refractivity contribution in [2.24, 2.45) is 0 Å². The summed E-state index contributed by atoms with van der Waals surface area (Å²) >= 11 is 0. The molecule has 46 heavy (non-hydrogen) atoms. The Kier molecular flexibility index (Phi) is 12.9. The standard InChI is InChI=1S/C35H43N3O8/c1-36-32(39)17-18-33(40)46-30-23-31(38-24-30)34(41)37-19-20-44-21-22-45-35(25-7-5-4-6-8-25,26-9-13-28(42-2)14-10-26)27-11-15-29(43-3)16-12-27/h4-16,30-31,38H,17-24H2,1-3H3,(H,36,39)(H,37,41)/t30-,31+/m1/s1. The Bertz CT molecular complexity index is 1350. The number of ether oxygens (including phenoxy) is 5. The van der Waals surface area contributed by atoms with Crippen LogP contribution in [0.2, 0.25) is 0 Å². The van der Waals surface area contributed by atoms with E-state index < -0.39 is 23.7 Å². The molecule has 2 amide bonds. The van der Waals surface area contributed by atoms with E-state index in [4.69, 9.17) is 23.7 Å². The Hall–Kier alpha value is -4.45. The highest BCUT2D eigenvalue weighted by atomic mass is 16.5. The summed E-state index contributed by atoms with van der Waals surface area (Å²) in [7, 11) is 4.79. The van der Waals surface area contributed by atoms with Crippen LogP contribution >= 0.6 is 0 Å². The zero-order chi connectivity index (χ0) is 32.8. The number of hydrogen-bond donors (Lipinski definition) is 3. The van der Waals surface area contributed by atoms with Gasteiger partial charge in [-0.1, -0.05) is 54.6 Å². The lowest BCUT2D eigenvalue weighted by molar-refractivity contribution is -0.149. The van der Waals surface area contributed by atoms with Crippen molar-refractivity contribution in [2.45, 2.75) is 37.0 Å². The third-order valence-corrected chi connectivity index (χ3v) is 7.81. The van der Waals surface area contributed by atoms with Crippen LogP contribution < -0.4 is 25.4 Å². The first kappa shape index (κ1) is 34.4. The molecule has 11 heteroatoms. The largest absolute Gasteiger partial charge is 0.497 e. The molecule has 0 unspecified atom stereocenters. The van der Waals surface area contributed by atoms with Crippen molar-refractivity contribution in [3.63, 3.8) is 0 Å². The van der Waals surface area contributed by atoms with E-state index in [0.717, 1.165) is 28.2 Å². The molecule has 1 heterocycles. The minimum absolute atomic E-state index is 0.000745. The van der Waals surface area contributed by atoms with Crippen molar-refractivity contribution in [1.82, 2.24) is 16.0 Å². The molecule has 0 saturated carbocycles. The number of rotatable bonds is 17. The van der Waals surface area contributed by atoms with Gasteiger partial charge < -0.3 is 39.6 Å². The van der Waals surface area contributed by atoms with Gasteiger partial charge >= 0.3 is 5.97 Å². The fourth-order valence-corrected chi connectivity index (χ4v) is 5.38. The number of carbonyl (C=O) groups is 3. The third kappa shape index (κ3) is 9.06. The second-order valence-electron chi connectivity index (χ2n) is 10.7. The number of carbonyl (C=O) groups excluding carboxylic acids is 3. The first-order chi connectivity index (χ1) is 22.4. The van der Waals surface area contributed by atoms with Crippen LogP contribution in [0.5, 0.6) is 11.5 Å². The van der Waals surface area contributed by atoms with Gasteiger partial charge in [-0.2, -0.15) is 0 Å². The lowest BCUT2D eigenvalue weighted by atomic mass is 9.80. The Morgan fingerprint density at radius 2 is 1.41 bits per heavy atom. The van der Waals surface area contributed by atoms with E-state index in [2.05, 4.69) is 16.0 Å². The van der Waals surface area contributed by atoms with Crippen LogP contribution in [0.15, 0.2) is 78.9 Å². The first-order valence-electron chi connectivity index (χ1n) is 15.4. The maximum atomic E-state index is 12.6. The summed E-state index contributed by atoms with van der Waals surface area (Å²) < 4.78 is 28.8.